The van der Waals surface area contributed by atoms with Crippen molar-refractivity contribution in [3.05, 3.63) is 41.9 Å². The number of hydrogen-bond acceptors (Lipinski definition) is 5. The normalized spacial score (nSPS) is 16.2. The van der Waals surface area contributed by atoms with Crippen LogP contribution in [0.25, 0.3) is 10.9 Å². The smallest absolute Gasteiger partial charge is 0.361 e. The number of fused-ring (bicyclic) bond motifs is 1. The molecule has 0 radical (unpaired) electrons. The van der Waals surface area contributed by atoms with Gasteiger partial charge in [-0.3, -0.25) is 14.8 Å². The highest BCUT2D eigenvalue weighted by Gasteiger charge is 2.32. The molecule has 3 heterocycles. The second kappa shape index (κ2) is 10.5. The van der Waals surface area contributed by atoms with Crippen LogP contribution in [0.1, 0.15) is 42.4 Å². The van der Waals surface area contributed by atoms with E-state index >= 15 is 0 Å². The first-order chi connectivity index (χ1) is 16.3. The highest BCUT2D eigenvalue weighted by atomic mass is 19.4. The molecule has 0 aliphatic carbocycles. The lowest BCUT2D eigenvalue weighted by Crippen LogP contribution is -2.49. The van der Waals surface area contributed by atoms with Gasteiger partial charge >= 0.3 is 6.18 Å². The van der Waals surface area contributed by atoms with Crippen LogP contribution in [-0.2, 0) is 6.42 Å². The number of alkyl halides is 3. The third-order valence-corrected chi connectivity index (χ3v) is 6.13. The fourth-order valence-corrected chi connectivity index (χ4v) is 4.35. The van der Waals surface area contributed by atoms with Crippen LogP contribution in [0.3, 0.4) is 0 Å². The van der Waals surface area contributed by atoms with Crippen molar-refractivity contribution in [1.82, 2.24) is 30.4 Å². The van der Waals surface area contributed by atoms with E-state index in [4.69, 9.17) is 0 Å². The third kappa shape index (κ3) is 6.07. The van der Waals surface area contributed by atoms with Crippen molar-refractivity contribution < 1.29 is 18.0 Å². The van der Waals surface area contributed by atoms with Crippen LogP contribution in [0.5, 0.6) is 0 Å². The lowest BCUT2D eigenvalue weighted by atomic mass is 10.0. The topological polar surface area (TPSA) is 92.9 Å². The summed E-state index contributed by atoms with van der Waals surface area (Å²) in [5.74, 6) is 0.0992. The van der Waals surface area contributed by atoms with Crippen molar-refractivity contribution in [3.63, 3.8) is 0 Å². The van der Waals surface area contributed by atoms with E-state index in [0.717, 1.165) is 35.7 Å². The molecule has 8 nitrogen and oxygen atoms in total. The quantitative estimate of drug-likeness (QED) is 0.439. The summed E-state index contributed by atoms with van der Waals surface area (Å²) < 4.78 is 37.8. The van der Waals surface area contributed by atoms with E-state index in [1.807, 2.05) is 24.4 Å². The number of aromatic nitrogens is 4. The number of hydrogen-bond donors (Lipinski definition) is 3. The summed E-state index contributed by atoms with van der Waals surface area (Å²) in [5, 5.41) is 11.0. The number of para-hydroxylation sites is 1. The van der Waals surface area contributed by atoms with Gasteiger partial charge in [-0.2, -0.15) is 18.2 Å². The molecule has 34 heavy (non-hydrogen) atoms. The monoisotopic (exact) mass is 477 g/mol. The maximum Gasteiger partial charge on any atom is 0.401 e. The first kappa shape index (κ1) is 24.1. The van der Waals surface area contributed by atoms with E-state index in [2.05, 4.69) is 38.5 Å². The van der Waals surface area contributed by atoms with Crippen molar-refractivity contribution in [1.29, 1.82) is 0 Å². The minimum absolute atomic E-state index is 0.0638. The van der Waals surface area contributed by atoms with E-state index in [1.54, 1.807) is 4.90 Å². The molecule has 3 aromatic rings. The van der Waals surface area contributed by atoms with Crippen LogP contribution in [0.4, 0.5) is 19.1 Å². The molecule has 4 rings (SSSR count). The SMILES string of the molecule is CCCCC(Cc1c[nH]c2ccccc12)NC(=O)c1nc(N2CCN(CC(F)(F)F)CC2)n[nH]1. The second-order valence-corrected chi connectivity index (χ2v) is 8.74. The van der Waals surface area contributed by atoms with E-state index in [1.165, 1.54) is 4.90 Å². The number of benzene rings is 1. The number of rotatable bonds is 9. The van der Waals surface area contributed by atoms with Crippen LogP contribution in [0.15, 0.2) is 30.5 Å². The number of nitrogens with one attached hydrogen (secondary N) is 3. The molecule has 2 aromatic heterocycles. The molecule has 1 aliphatic heterocycles. The summed E-state index contributed by atoms with van der Waals surface area (Å²) in [7, 11) is 0. The van der Waals surface area contributed by atoms with Crippen molar-refractivity contribution >= 4 is 22.8 Å². The largest absolute Gasteiger partial charge is 0.401 e. The lowest BCUT2D eigenvalue weighted by Gasteiger charge is -2.34. The maximum absolute atomic E-state index is 12.9. The van der Waals surface area contributed by atoms with Crippen LogP contribution in [0, 0.1) is 0 Å². The fourth-order valence-electron chi connectivity index (χ4n) is 4.35. The Morgan fingerprint density at radius 2 is 1.97 bits per heavy atom. The zero-order valence-electron chi connectivity index (χ0n) is 19.2. The van der Waals surface area contributed by atoms with Crippen molar-refractivity contribution in [2.75, 3.05) is 37.6 Å². The molecule has 3 N–H and O–H groups in total. The number of carbonyl (C=O) groups excluding carboxylic acids is 1. The van der Waals surface area contributed by atoms with E-state index < -0.39 is 12.7 Å². The van der Waals surface area contributed by atoms with Gasteiger partial charge in [-0.25, -0.2) is 0 Å². The summed E-state index contributed by atoms with van der Waals surface area (Å²) in [6, 6.07) is 8.01. The molecule has 1 aliphatic rings. The van der Waals surface area contributed by atoms with Gasteiger partial charge in [-0.15, -0.1) is 5.10 Å². The van der Waals surface area contributed by atoms with E-state index in [-0.39, 0.29) is 30.9 Å². The summed E-state index contributed by atoms with van der Waals surface area (Å²) in [6.45, 7) is 2.46. The van der Waals surface area contributed by atoms with Crippen LogP contribution in [0.2, 0.25) is 0 Å². The molecule has 1 unspecified atom stereocenters. The van der Waals surface area contributed by atoms with Crippen molar-refractivity contribution in [3.8, 4) is 0 Å². The summed E-state index contributed by atoms with van der Waals surface area (Å²) in [4.78, 5) is 23.7. The Morgan fingerprint density at radius 1 is 1.21 bits per heavy atom. The Hall–Kier alpha value is -3.08. The first-order valence-electron chi connectivity index (χ1n) is 11.6. The predicted molar refractivity (Wildman–Crippen MR) is 124 cm³/mol. The van der Waals surface area contributed by atoms with Gasteiger partial charge in [0, 0.05) is 49.3 Å². The molecular formula is C23H30F3N7O. The molecule has 0 spiro atoms. The Labute approximate surface area is 195 Å². The van der Waals surface area contributed by atoms with Crippen LogP contribution < -0.4 is 10.2 Å². The van der Waals surface area contributed by atoms with Gasteiger partial charge in [-0.05, 0) is 24.5 Å². The van der Waals surface area contributed by atoms with Gasteiger partial charge in [0.15, 0.2) is 0 Å². The maximum atomic E-state index is 12.9. The molecule has 0 saturated carbocycles. The van der Waals surface area contributed by atoms with Crippen molar-refractivity contribution in [2.45, 2.75) is 44.8 Å². The Morgan fingerprint density at radius 3 is 2.71 bits per heavy atom. The third-order valence-electron chi connectivity index (χ3n) is 6.13. The van der Waals surface area contributed by atoms with Gasteiger partial charge in [0.05, 0.1) is 6.54 Å². The summed E-state index contributed by atoms with van der Waals surface area (Å²) in [5.41, 5.74) is 2.21. The molecule has 1 amide bonds. The average Bonchev–Trinajstić information content (AvgIpc) is 3.45. The Bertz CT molecular complexity index is 1090. The van der Waals surface area contributed by atoms with Gasteiger partial charge in [0.2, 0.25) is 11.8 Å². The molecule has 1 atom stereocenters. The molecule has 184 valence electrons. The Balaban J connectivity index is 1.37. The predicted octanol–water partition coefficient (Wildman–Crippen LogP) is 3.50. The lowest BCUT2D eigenvalue weighted by molar-refractivity contribution is -0.146. The number of amides is 1. The second-order valence-electron chi connectivity index (χ2n) is 8.74. The number of aromatic amines is 2. The number of nitrogens with zero attached hydrogens (tertiary/aromatic N) is 4. The van der Waals surface area contributed by atoms with Gasteiger partial charge < -0.3 is 15.2 Å². The van der Waals surface area contributed by atoms with Crippen molar-refractivity contribution in [2.24, 2.45) is 0 Å². The van der Waals surface area contributed by atoms with Gasteiger partial charge in [-0.1, -0.05) is 38.0 Å². The summed E-state index contributed by atoms with van der Waals surface area (Å²) in [6.07, 6.45) is 1.31. The minimum Gasteiger partial charge on any atom is -0.361 e. The highest BCUT2D eigenvalue weighted by Crippen LogP contribution is 2.21. The van der Waals surface area contributed by atoms with Crippen LogP contribution in [-0.4, -0.2) is 75.9 Å². The molecule has 1 fully saturated rings. The standard InChI is InChI=1S/C23H30F3N7O/c1-2-3-6-17(13-16-14-27-19-8-5-4-7-18(16)19)28-21(34)20-29-22(31-30-20)33-11-9-32(10-12-33)15-23(24,25)26/h4-5,7-8,14,17,27H,2-3,6,9-13,15H2,1H3,(H,28,34)(H,29,30,31). The molecule has 11 heteroatoms. The fraction of sp³-hybridized carbons (Fsp3) is 0.522. The molecule has 0 bridgehead atoms. The first-order valence-corrected chi connectivity index (χ1v) is 11.6. The number of carbonyl (C=O) groups is 1. The number of halogens is 3. The number of anilines is 1. The molecular weight excluding hydrogens is 447 g/mol. The summed E-state index contributed by atoms with van der Waals surface area (Å²) >= 11 is 0. The molecule has 1 aromatic carbocycles. The van der Waals surface area contributed by atoms with E-state index in [0.29, 0.717) is 25.5 Å². The number of piperazine rings is 1. The van der Waals surface area contributed by atoms with Gasteiger partial charge in [0.25, 0.3) is 5.91 Å². The zero-order valence-corrected chi connectivity index (χ0v) is 19.2. The van der Waals surface area contributed by atoms with E-state index in [9.17, 15) is 18.0 Å². The average molecular weight is 478 g/mol. The number of H-pyrrole nitrogens is 2. The van der Waals surface area contributed by atoms with Crippen LogP contribution >= 0.6 is 0 Å². The Kier molecular flexibility index (Phi) is 7.40. The highest BCUT2D eigenvalue weighted by molar-refractivity contribution is 5.91. The number of unbranched alkanes of at least 4 members (excludes halogenated alkanes) is 1. The zero-order chi connectivity index (χ0) is 24.1. The minimum atomic E-state index is -4.21. The van der Waals surface area contributed by atoms with Gasteiger partial charge in [0.1, 0.15) is 0 Å². The molecule has 1 saturated heterocycles.